The molecule has 2 aromatic rings. The number of rotatable bonds is 6. The van der Waals surface area contributed by atoms with Gasteiger partial charge in [0.2, 0.25) is 5.91 Å². The van der Waals surface area contributed by atoms with Gasteiger partial charge >= 0.3 is 6.03 Å². The fourth-order valence-electron chi connectivity index (χ4n) is 2.29. The van der Waals surface area contributed by atoms with Crippen LogP contribution < -0.4 is 16.0 Å². The summed E-state index contributed by atoms with van der Waals surface area (Å²) in [5.41, 5.74) is 2.03. The summed E-state index contributed by atoms with van der Waals surface area (Å²) in [6, 6.07) is 10.5. The van der Waals surface area contributed by atoms with Crippen LogP contribution in [0.15, 0.2) is 42.5 Å². The third-order valence-electron chi connectivity index (χ3n) is 3.81. The van der Waals surface area contributed by atoms with E-state index in [0.29, 0.717) is 17.8 Å². The highest BCUT2D eigenvalue weighted by Gasteiger charge is 2.14. The first-order valence-electron chi connectivity index (χ1n) is 8.28. The van der Waals surface area contributed by atoms with Gasteiger partial charge in [0.05, 0.1) is 6.10 Å². The molecule has 0 aliphatic heterocycles. The molecular formula is C19H22FN3O3. The second kappa shape index (κ2) is 8.96. The van der Waals surface area contributed by atoms with E-state index in [9.17, 15) is 19.1 Å². The Labute approximate surface area is 151 Å². The molecule has 0 saturated heterocycles. The minimum absolute atomic E-state index is 0.119. The lowest BCUT2D eigenvalue weighted by molar-refractivity contribution is -0.115. The average Bonchev–Trinajstić information content (AvgIpc) is 2.62. The van der Waals surface area contributed by atoms with Gasteiger partial charge in [-0.05, 0) is 30.7 Å². The minimum Gasteiger partial charge on any atom is -0.386 e. The van der Waals surface area contributed by atoms with Gasteiger partial charge < -0.3 is 21.1 Å². The Hall–Kier alpha value is -2.93. The summed E-state index contributed by atoms with van der Waals surface area (Å²) >= 11 is 0. The van der Waals surface area contributed by atoms with Crippen LogP contribution in [0.5, 0.6) is 0 Å². The van der Waals surface area contributed by atoms with Crippen molar-refractivity contribution in [3.8, 4) is 0 Å². The van der Waals surface area contributed by atoms with Crippen molar-refractivity contribution in [2.45, 2.75) is 26.4 Å². The van der Waals surface area contributed by atoms with Gasteiger partial charge in [0.25, 0.3) is 0 Å². The van der Waals surface area contributed by atoms with Crippen LogP contribution in [0, 0.1) is 12.7 Å². The van der Waals surface area contributed by atoms with Gasteiger partial charge in [-0.1, -0.05) is 31.2 Å². The molecule has 0 aliphatic rings. The number of carbonyl (C=O) groups excluding carboxylic acids is 2. The fraction of sp³-hybridized carbons (Fsp3) is 0.263. The second-order valence-electron chi connectivity index (χ2n) is 5.80. The predicted octanol–water partition coefficient (Wildman–Crippen LogP) is 3.34. The lowest BCUT2D eigenvalue weighted by atomic mass is 10.1. The number of aliphatic hydroxyl groups excluding tert-OH is 1. The Bertz CT molecular complexity index is 795. The highest BCUT2D eigenvalue weighted by molar-refractivity contribution is 5.94. The summed E-state index contributed by atoms with van der Waals surface area (Å²) in [5.74, 6) is -0.658. The Kier molecular flexibility index (Phi) is 6.68. The van der Waals surface area contributed by atoms with E-state index in [1.54, 1.807) is 31.2 Å². The van der Waals surface area contributed by atoms with Crippen molar-refractivity contribution < 1.29 is 19.1 Å². The first kappa shape index (κ1) is 19.4. The van der Waals surface area contributed by atoms with Crippen molar-refractivity contribution in [1.29, 1.82) is 0 Å². The normalized spacial score (nSPS) is 11.5. The van der Waals surface area contributed by atoms with Crippen molar-refractivity contribution >= 4 is 23.3 Å². The maximum Gasteiger partial charge on any atom is 0.319 e. The Morgan fingerprint density at radius 3 is 2.58 bits per heavy atom. The molecule has 3 amide bonds. The summed E-state index contributed by atoms with van der Waals surface area (Å²) in [5, 5.41) is 17.9. The van der Waals surface area contributed by atoms with Crippen LogP contribution >= 0.6 is 0 Å². The average molecular weight is 359 g/mol. The number of halogens is 1. The molecule has 26 heavy (non-hydrogen) atoms. The van der Waals surface area contributed by atoms with Crippen LogP contribution in [0.1, 0.15) is 30.6 Å². The van der Waals surface area contributed by atoms with E-state index in [1.807, 2.05) is 6.92 Å². The number of amides is 3. The molecule has 0 bridgehead atoms. The number of hydrogen-bond acceptors (Lipinski definition) is 3. The molecule has 0 aliphatic carbocycles. The summed E-state index contributed by atoms with van der Waals surface area (Å²) in [6.07, 6.45) is -0.802. The molecule has 0 heterocycles. The third-order valence-corrected chi connectivity index (χ3v) is 3.81. The molecule has 2 rings (SSSR count). The van der Waals surface area contributed by atoms with E-state index < -0.39 is 18.0 Å². The second-order valence-corrected chi connectivity index (χ2v) is 5.80. The quantitative estimate of drug-likeness (QED) is 0.638. The lowest BCUT2D eigenvalue weighted by Gasteiger charge is -2.15. The van der Waals surface area contributed by atoms with E-state index >= 15 is 0 Å². The van der Waals surface area contributed by atoms with Crippen LogP contribution in [-0.2, 0) is 4.79 Å². The largest absolute Gasteiger partial charge is 0.386 e. The minimum atomic E-state index is -1.15. The number of benzene rings is 2. The number of carbonyl (C=O) groups is 2. The van der Waals surface area contributed by atoms with Crippen molar-refractivity contribution in [2.75, 3.05) is 17.2 Å². The summed E-state index contributed by atoms with van der Waals surface area (Å²) in [6.45, 7) is 3.42. The highest BCUT2D eigenvalue weighted by Crippen LogP contribution is 2.21. The van der Waals surface area contributed by atoms with E-state index in [4.69, 9.17) is 0 Å². The summed E-state index contributed by atoms with van der Waals surface area (Å²) in [4.78, 5) is 23.5. The fourth-order valence-corrected chi connectivity index (χ4v) is 2.29. The van der Waals surface area contributed by atoms with Crippen molar-refractivity contribution in [3.05, 3.63) is 59.4 Å². The zero-order chi connectivity index (χ0) is 19.1. The topological polar surface area (TPSA) is 90.5 Å². The van der Waals surface area contributed by atoms with E-state index in [1.165, 1.54) is 18.2 Å². The van der Waals surface area contributed by atoms with Gasteiger partial charge in [-0.2, -0.15) is 0 Å². The molecule has 0 radical (unpaired) electrons. The monoisotopic (exact) mass is 359 g/mol. The number of hydrogen-bond donors (Lipinski definition) is 4. The molecule has 0 fully saturated rings. The van der Waals surface area contributed by atoms with E-state index in [-0.39, 0.29) is 18.0 Å². The van der Waals surface area contributed by atoms with Crippen LogP contribution in [0.3, 0.4) is 0 Å². The molecule has 0 spiro atoms. The van der Waals surface area contributed by atoms with Crippen molar-refractivity contribution in [1.82, 2.24) is 5.32 Å². The van der Waals surface area contributed by atoms with Gasteiger partial charge in [0, 0.05) is 29.9 Å². The molecule has 1 atom stereocenters. The molecule has 1 unspecified atom stereocenters. The number of anilines is 2. The molecule has 138 valence electrons. The standard InChI is InChI=1S/C19H22FN3O3/c1-3-18(25)22-13-9-8-12(2)16(10-13)23-19(26)21-11-17(24)14-6-4-5-7-15(14)20/h4-10,17,24H,3,11H2,1-2H3,(H,22,25)(H2,21,23,26). The predicted molar refractivity (Wildman–Crippen MR) is 98.5 cm³/mol. The van der Waals surface area contributed by atoms with Gasteiger partial charge in [-0.25, -0.2) is 9.18 Å². The SMILES string of the molecule is CCC(=O)Nc1ccc(C)c(NC(=O)NCC(O)c2ccccc2F)c1. The van der Waals surface area contributed by atoms with Crippen LogP contribution in [0.4, 0.5) is 20.6 Å². The van der Waals surface area contributed by atoms with Crippen LogP contribution in [0.25, 0.3) is 0 Å². The molecule has 0 saturated carbocycles. The first-order valence-corrected chi connectivity index (χ1v) is 8.28. The number of urea groups is 1. The maximum atomic E-state index is 13.6. The maximum absolute atomic E-state index is 13.6. The number of aryl methyl sites for hydroxylation is 1. The lowest BCUT2D eigenvalue weighted by Crippen LogP contribution is -2.32. The first-order chi connectivity index (χ1) is 12.4. The van der Waals surface area contributed by atoms with E-state index in [2.05, 4.69) is 16.0 Å². The van der Waals surface area contributed by atoms with Crippen molar-refractivity contribution in [3.63, 3.8) is 0 Å². The Morgan fingerprint density at radius 2 is 1.88 bits per heavy atom. The van der Waals surface area contributed by atoms with Crippen LogP contribution in [0.2, 0.25) is 0 Å². The zero-order valence-corrected chi connectivity index (χ0v) is 14.7. The van der Waals surface area contributed by atoms with Crippen LogP contribution in [-0.4, -0.2) is 23.6 Å². The molecule has 0 aromatic heterocycles. The highest BCUT2D eigenvalue weighted by atomic mass is 19.1. The number of aliphatic hydroxyl groups is 1. The smallest absolute Gasteiger partial charge is 0.319 e. The molecule has 4 N–H and O–H groups in total. The zero-order valence-electron chi connectivity index (χ0n) is 14.7. The van der Waals surface area contributed by atoms with Crippen molar-refractivity contribution in [2.24, 2.45) is 0 Å². The molecule has 6 nitrogen and oxygen atoms in total. The van der Waals surface area contributed by atoms with Gasteiger partial charge in [-0.3, -0.25) is 4.79 Å². The van der Waals surface area contributed by atoms with E-state index in [0.717, 1.165) is 5.56 Å². The number of nitrogens with one attached hydrogen (secondary N) is 3. The Balaban J connectivity index is 1.96. The molecule has 7 heteroatoms. The van der Waals surface area contributed by atoms with Gasteiger partial charge in [-0.15, -0.1) is 0 Å². The molecule has 2 aromatic carbocycles. The van der Waals surface area contributed by atoms with Gasteiger partial charge in [0.1, 0.15) is 5.82 Å². The summed E-state index contributed by atoms with van der Waals surface area (Å²) < 4.78 is 13.6. The Morgan fingerprint density at radius 1 is 1.15 bits per heavy atom. The van der Waals surface area contributed by atoms with Gasteiger partial charge in [0.15, 0.2) is 0 Å². The summed E-state index contributed by atoms with van der Waals surface area (Å²) in [7, 11) is 0. The third kappa shape index (κ3) is 5.29. The molecular weight excluding hydrogens is 337 g/mol.